The summed E-state index contributed by atoms with van der Waals surface area (Å²) in [5.41, 5.74) is 5.35. The number of benzene rings is 1. The number of ether oxygens (including phenoxy) is 2. The summed E-state index contributed by atoms with van der Waals surface area (Å²) in [5, 5.41) is 0. The van der Waals surface area contributed by atoms with Crippen LogP contribution in [0.25, 0.3) is 0 Å². The molecule has 1 atom stereocenters. The number of nitrogens with two attached hydrogens (primary N) is 1. The first-order valence-electron chi connectivity index (χ1n) is 6.16. The smallest absolute Gasteiger partial charge is 0.237 e. The molecule has 1 aromatic heterocycles. The van der Waals surface area contributed by atoms with Crippen LogP contribution in [0.15, 0.2) is 30.6 Å². The van der Waals surface area contributed by atoms with Crippen LogP contribution < -0.4 is 20.7 Å². The lowest BCUT2D eigenvalue weighted by Crippen LogP contribution is -2.30. The first-order valence-corrected chi connectivity index (χ1v) is 6.16. The van der Waals surface area contributed by atoms with Gasteiger partial charge in [0.2, 0.25) is 5.88 Å². The molecule has 1 aromatic carbocycles. The molecule has 0 fully saturated rings. The van der Waals surface area contributed by atoms with Crippen LogP contribution >= 0.6 is 0 Å². The Morgan fingerprint density at radius 2 is 1.90 bits per heavy atom. The van der Waals surface area contributed by atoms with Gasteiger partial charge in [-0.2, -0.15) is 0 Å². The van der Waals surface area contributed by atoms with Crippen LogP contribution in [0.5, 0.6) is 11.6 Å². The molecule has 0 spiro atoms. The molecule has 0 aliphatic heterocycles. The molecule has 2 aromatic rings. The van der Waals surface area contributed by atoms with Crippen molar-refractivity contribution in [1.82, 2.24) is 15.4 Å². The van der Waals surface area contributed by atoms with Crippen molar-refractivity contribution in [3.05, 3.63) is 47.4 Å². The second-order valence-electron chi connectivity index (χ2n) is 4.30. The lowest BCUT2D eigenvalue weighted by molar-refractivity contribution is 0.378. The van der Waals surface area contributed by atoms with E-state index in [4.69, 9.17) is 15.3 Å². The average Bonchev–Trinajstić information content (AvgIpc) is 2.49. The fourth-order valence-corrected chi connectivity index (χ4v) is 2.09. The van der Waals surface area contributed by atoms with Crippen LogP contribution in [0.2, 0.25) is 0 Å². The maximum atomic E-state index is 5.71. The second kappa shape index (κ2) is 6.31. The van der Waals surface area contributed by atoms with E-state index in [0.717, 1.165) is 16.9 Å². The molecule has 0 saturated carbocycles. The SMILES string of the molecule is COc1ccc(C)cc1C(NN)c1nccnc1OC. The zero-order valence-electron chi connectivity index (χ0n) is 11.8. The van der Waals surface area contributed by atoms with Crippen LogP contribution in [0.4, 0.5) is 0 Å². The minimum absolute atomic E-state index is 0.367. The van der Waals surface area contributed by atoms with Crippen LogP contribution in [-0.4, -0.2) is 24.2 Å². The molecule has 0 saturated heterocycles. The van der Waals surface area contributed by atoms with Crippen LogP contribution in [0.3, 0.4) is 0 Å². The highest BCUT2D eigenvalue weighted by molar-refractivity contribution is 5.44. The molecule has 0 bridgehead atoms. The highest BCUT2D eigenvalue weighted by atomic mass is 16.5. The molecule has 3 N–H and O–H groups in total. The van der Waals surface area contributed by atoms with Crippen molar-refractivity contribution in [2.75, 3.05) is 14.2 Å². The topological polar surface area (TPSA) is 82.3 Å². The number of aryl methyl sites for hydroxylation is 1. The quantitative estimate of drug-likeness (QED) is 0.632. The fourth-order valence-electron chi connectivity index (χ4n) is 2.09. The number of nitrogens with one attached hydrogen (secondary N) is 1. The Morgan fingerprint density at radius 3 is 2.55 bits per heavy atom. The van der Waals surface area contributed by atoms with Gasteiger partial charge >= 0.3 is 0 Å². The van der Waals surface area contributed by atoms with E-state index < -0.39 is 0 Å². The van der Waals surface area contributed by atoms with E-state index in [1.165, 1.54) is 0 Å². The van der Waals surface area contributed by atoms with E-state index in [2.05, 4.69) is 15.4 Å². The van der Waals surface area contributed by atoms with Gasteiger partial charge in [-0.05, 0) is 13.0 Å². The molecule has 0 aliphatic rings. The van der Waals surface area contributed by atoms with Gasteiger partial charge in [-0.15, -0.1) is 0 Å². The number of hydrogen-bond donors (Lipinski definition) is 2. The van der Waals surface area contributed by atoms with E-state index in [-0.39, 0.29) is 6.04 Å². The van der Waals surface area contributed by atoms with E-state index in [1.807, 2.05) is 25.1 Å². The number of aromatic nitrogens is 2. The number of hydrogen-bond acceptors (Lipinski definition) is 6. The largest absolute Gasteiger partial charge is 0.496 e. The summed E-state index contributed by atoms with van der Waals surface area (Å²) in [6.07, 6.45) is 3.17. The maximum absolute atomic E-state index is 5.71. The number of methoxy groups -OCH3 is 2. The highest BCUT2D eigenvalue weighted by Gasteiger charge is 2.22. The Hall–Kier alpha value is -2.18. The maximum Gasteiger partial charge on any atom is 0.237 e. The average molecular weight is 274 g/mol. The van der Waals surface area contributed by atoms with E-state index in [1.54, 1.807) is 26.6 Å². The summed E-state index contributed by atoms with van der Waals surface area (Å²) in [4.78, 5) is 8.46. The second-order valence-corrected chi connectivity index (χ2v) is 4.30. The normalized spacial score (nSPS) is 12.0. The Labute approximate surface area is 117 Å². The molecule has 2 rings (SSSR count). The molecule has 0 aliphatic carbocycles. The van der Waals surface area contributed by atoms with Crippen molar-refractivity contribution < 1.29 is 9.47 Å². The van der Waals surface area contributed by atoms with Crippen molar-refractivity contribution in [1.29, 1.82) is 0 Å². The molecule has 6 nitrogen and oxygen atoms in total. The van der Waals surface area contributed by atoms with Gasteiger partial charge in [-0.1, -0.05) is 17.7 Å². The summed E-state index contributed by atoms with van der Waals surface area (Å²) in [5.74, 6) is 6.86. The first kappa shape index (κ1) is 14.2. The van der Waals surface area contributed by atoms with Gasteiger partial charge in [0.1, 0.15) is 11.4 Å². The van der Waals surface area contributed by atoms with Crippen molar-refractivity contribution >= 4 is 0 Å². The summed E-state index contributed by atoms with van der Waals surface area (Å²) >= 11 is 0. The van der Waals surface area contributed by atoms with Gasteiger partial charge < -0.3 is 9.47 Å². The number of nitrogens with zero attached hydrogens (tertiary/aromatic N) is 2. The Kier molecular flexibility index (Phi) is 4.49. The van der Waals surface area contributed by atoms with Gasteiger partial charge in [-0.3, -0.25) is 10.8 Å². The van der Waals surface area contributed by atoms with Crippen molar-refractivity contribution in [2.24, 2.45) is 5.84 Å². The van der Waals surface area contributed by atoms with E-state index in [0.29, 0.717) is 11.6 Å². The van der Waals surface area contributed by atoms with Gasteiger partial charge in [0, 0.05) is 18.0 Å². The highest BCUT2D eigenvalue weighted by Crippen LogP contribution is 2.32. The lowest BCUT2D eigenvalue weighted by Gasteiger charge is -2.20. The van der Waals surface area contributed by atoms with Crippen molar-refractivity contribution in [2.45, 2.75) is 13.0 Å². The number of hydrazine groups is 1. The first-order chi connectivity index (χ1) is 9.71. The molecular formula is C14H18N4O2. The third-order valence-corrected chi connectivity index (χ3v) is 3.02. The van der Waals surface area contributed by atoms with Gasteiger partial charge in [0.05, 0.1) is 20.3 Å². The number of rotatable bonds is 5. The molecule has 0 amide bonds. The predicted molar refractivity (Wildman–Crippen MR) is 75.5 cm³/mol. The van der Waals surface area contributed by atoms with Crippen molar-refractivity contribution in [3.8, 4) is 11.6 Å². The minimum Gasteiger partial charge on any atom is -0.496 e. The van der Waals surface area contributed by atoms with E-state index >= 15 is 0 Å². The molecule has 0 radical (unpaired) electrons. The summed E-state index contributed by atoms with van der Waals surface area (Å²) in [6.45, 7) is 2.00. The Bertz CT molecular complexity index is 589. The van der Waals surface area contributed by atoms with Gasteiger partial charge in [0.15, 0.2) is 0 Å². The third-order valence-electron chi connectivity index (χ3n) is 3.02. The minimum atomic E-state index is -0.367. The molecule has 1 heterocycles. The zero-order valence-corrected chi connectivity index (χ0v) is 11.8. The monoisotopic (exact) mass is 274 g/mol. The summed E-state index contributed by atoms with van der Waals surface area (Å²) in [7, 11) is 3.17. The van der Waals surface area contributed by atoms with Crippen LogP contribution in [-0.2, 0) is 0 Å². The fraction of sp³-hybridized carbons (Fsp3) is 0.286. The standard InChI is InChI=1S/C14H18N4O2/c1-9-4-5-11(19-2)10(8-9)12(18-15)13-14(20-3)17-7-6-16-13/h4-8,12,18H,15H2,1-3H3. The Balaban J connectivity index is 2.55. The molecule has 1 unspecified atom stereocenters. The summed E-state index contributed by atoms with van der Waals surface area (Å²) in [6, 6.07) is 5.51. The lowest BCUT2D eigenvalue weighted by atomic mass is 10.0. The molecule has 6 heteroatoms. The predicted octanol–water partition coefficient (Wildman–Crippen LogP) is 1.35. The Morgan fingerprint density at radius 1 is 1.15 bits per heavy atom. The van der Waals surface area contributed by atoms with Crippen LogP contribution in [0.1, 0.15) is 22.9 Å². The van der Waals surface area contributed by atoms with Gasteiger partial charge in [0.25, 0.3) is 0 Å². The van der Waals surface area contributed by atoms with Gasteiger partial charge in [-0.25, -0.2) is 10.4 Å². The third kappa shape index (κ3) is 2.71. The zero-order chi connectivity index (χ0) is 14.5. The summed E-state index contributed by atoms with van der Waals surface area (Å²) < 4.78 is 10.6. The molecule has 106 valence electrons. The molecule has 20 heavy (non-hydrogen) atoms. The molecular weight excluding hydrogens is 256 g/mol. The van der Waals surface area contributed by atoms with Crippen molar-refractivity contribution in [3.63, 3.8) is 0 Å². The van der Waals surface area contributed by atoms with Crippen LogP contribution in [0, 0.1) is 6.92 Å². The van der Waals surface area contributed by atoms with E-state index in [9.17, 15) is 0 Å².